The first-order valence-electron chi connectivity index (χ1n) is 10.7. The highest BCUT2D eigenvalue weighted by molar-refractivity contribution is 9.10. The van der Waals surface area contributed by atoms with Gasteiger partial charge in [-0.2, -0.15) is 0 Å². The number of amides is 2. The number of fused-ring (bicyclic) bond motifs is 2. The Kier molecular flexibility index (Phi) is 5.84. The van der Waals surface area contributed by atoms with Crippen LogP contribution < -0.4 is 10.6 Å². The lowest BCUT2D eigenvalue weighted by Gasteiger charge is -2.23. The van der Waals surface area contributed by atoms with Crippen molar-refractivity contribution < 1.29 is 19.2 Å². The lowest BCUT2D eigenvalue weighted by atomic mass is 9.82. The van der Waals surface area contributed by atoms with Crippen LogP contribution in [-0.2, 0) is 0 Å². The van der Waals surface area contributed by atoms with E-state index >= 15 is 0 Å². The van der Waals surface area contributed by atoms with Gasteiger partial charge in [0, 0.05) is 21.2 Å². The third-order valence-corrected chi connectivity index (χ3v) is 6.37. The van der Waals surface area contributed by atoms with Crippen LogP contribution in [0.2, 0.25) is 0 Å². The summed E-state index contributed by atoms with van der Waals surface area (Å²) in [6, 6.07) is 25.1. The van der Waals surface area contributed by atoms with Crippen molar-refractivity contribution >= 4 is 50.7 Å². The molecule has 0 bridgehead atoms. The minimum atomic E-state index is -0.429. The van der Waals surface area contributed by atoms with E-state index in [0.717, 1.165) is 0 Å². The quantitative estimate of drug-likeness (QED) is 0.314. The highest BCUT2D eigenvalue weighted by Gasteiger charge is 2.36. The van der Waals surface area contributed by atoms with Gasteiger partial charge in [-0.25, -0.2) is 0 Å². The molecule has 170 valence electrons. The van der Waals surface area contributed by atoms with E-state index in [1.807, 2.05) is 0 Å². The van der Waals surface area contributed by atoms with Gasteiger partial charge in [-0.1, -0.05) is 64.5 Å². The van der Waals surface area contributed by atoms with Crippen molar-refractivity contribution in [1.82, 2.24) is 0 Å². The van der Waals surface area contributed by atoms with Gasteiger partial charge in [-0.15, -0.1) is 0 Å². The van der Waals surface area contributed by atoms with E-state index in [9.17, 15) is 19.2 Å². The van der Waals surface area contributed by atoms with E-state index < -0.39 is 23.4 Å². The SMILES string of the molecule is O=C(Nc1cccc2c1C(=O)c1c(Br)ccc(NC(=O)c3ccccc3)c1C2=O)c1ccccc1. The first kappa shape index (κ1) is 22.4. The smallest absolute Gasteiger partial charge is 0.255 e. The van der Waals surface area contributed by atoms with Gasteiger partial charge in [0.05, 0.1) is 28.1 Å². The van der Waals surface area contributed by atoms with Crippen molar-refractivity contribution in [2.75, 3.05) is 10.6 Å². The number of anilines is 2. The van der Waals surface area contributed by atoms with E-state index in [0.29, 0.717) is 15.6 Å². The van der Waals surface area contributed by atoms with Crippen molar-refractivity contribution in [1.29, 1.82) is 0 Å². The summed E-state index contributed by atoms with van der Waals surface area (Å²) in [5, 5.41) is 5.52. The summed E-state index contributed by atoms with van der Waals surface area (Å²) >= 11 is 3.39. The van der Waals surface area contributed by atoms with Crippen molar-refractivity contribution in [3.63, 3.8) is 0 Å². The molecule has 0 saturated heterocycles. The van der Waals surface area contributed by atoms with Crippen LogP contribution >= 0.6 is 15.9 Å². The maximum Gasteiger partial charge on any atom is 0.255 e. The number of carbonyl (C=O) groups is 4. The largest absolute Gasteiger partial charge is 0.321 e. The van der Waals surface area contributed by atoms with Crippen LogP contribution in [0.5, 0.6) is 0 Å². The average molecular weight is 525 g/mol. The van der Waals surface area contributed by atoms with Crippen LogP contribution in [0, 0.1) is 0 Å². The molecule has 5 rings (SSSR count). The zero-order valence-corrected chi connectivity index (χ0v) is 19.8. The monoisotopic (exact) mass is 524 g/mol. The predicted molar refractivity (Wildman–Crippen MR) is 136 cm³/mol. The molecular weight excluding hydrogens is 508 g/mol. The summed E-state index contributed by atoms with van der Waals surface area (Å²) in [7, 11) is 0. The molecule has 0 radical (unpaired) electrons. The number of carbonyl (C=O) groups excluding carboxylic acids is 4. The zero-order chi connectivity index (χ0) is 24.5. The van der Waals surface area contributed by atoms with E-state index in [-0.39, 0.29) is 33.6 Å². The third-order valence-electron chi connectivity index (χ3n) is 5.71. The fraction of sp³-hybridized carbons (Fsp3) is 0. The van der Waals surface area contributed by atoms with Crippen LogP contribution in [0.25, 0.3) is 0 Å². The highest BCUT2D eigenvalue weighted by atomic mass is 79.9. The summed E-state index contributed by atoms with van der Waals surface area (Å²) in [6.07, 6.45) is 0. The molecule has 1 aliphatic carbocycles. The topological polar surface area (TPSA) is 92.3 Å². The van der Waals surface area contributed by atoms with E-state index in [1.54, 1.807) is 91.0 Å². The molecule has 2 N–H and O–H groups in total. The standard InChI is InChI=1S/C28H17BrN2O4/c29-19-14-15-21(31-28(35)17-10-5-2-6-11-17)24-23(19)26(33)22-18(25(24)32)12-7-13-20(22)30-27(34)16-8-3-1-4-9-16/h1-15H,(H,30,34)(H,31,35). The second-order valence-electron chi connectivity index (χ2n) is 7.87. The van der Waals surface area contributed by atoms with Gasteiger partial charge in [0.1, 0.15) is 0 Å². The van der Waals surface area contributed by atoms with Crippen molar-refractivity contribution in [3.8, 4) is 0 Å². The lowest BCUT2D eigenvalue weighted by molar-refractivity contribution is 0.0977. The van der Waals surface area contributed by atoms with E-state index in [4.69, 9.17) is 0 Å². The Morgan fingerprint density at radius 2 is 1.09 bits per heavy atom. The molecule has 2 amide bonds. The van der Waals surface area contributed by atoms with Gasteiger partial charge >= 0.3 is 0 Å². The highest BCUT2D eigenvalue weighted by Crippen LogP contribution is 2.39. The number of rotatable bonds is 4. The Bertz CT molecular complexity index is 1520. The summed E-state index contributed by atoms with van der Waals surface area (Å²) in [5.41, 5.74) is 1.83. The van der Waals surface area contributed by atoms with E-state index in [1.165, 1.54) is 0 Å². The second-order valence-corrected chi connectivity index (χ2v) is 8.73. The molecule has 1 aliphatic rings. The van der Waals surface area contributed by atoms with Crippen LogP contribution in [0.15, 0.2) is 95.5 Å². The fourth-order valence-corrected chi connectivity index (χ4v) is 4.57. The maximum atomic E-state index is 13.7. The van der Waals surface area contributed by atoms with Crippen molar-refractivity contribution in [3.05, 3.63) is 129 Å². The van der Waals surface area contributed by atoms with Crippen LogP contribution in [0.3, 0.4) is 0 Å². The molecule has 35 heavy (non-hydrogen) atoms. The Hall–Kier alpha value is -4.36. The summed E-state index contributed by atoms with van der Waals surface area (Å²) in [6.45, 7) is 0. The molecular formula is C28H17BrN2O4. The number of hydrogen-bond acceptors (Lipinski definition) is 4. The Balaban J connectivity index is 1.56. The number of nitrogens with one attached hydrogen (secondary N) is 2. The van der Waals surface area contributed by atoms with Crippen LogP contribution in [0.1, 0.15) is 52.6 Å². The summed E-state index contributed by atoms with van der Waals surface area (Å²) in [4.78, 5) is 52.8. The molecule has 0 spiro atoms. The van der Waals surface area contributed by atoms with Gasteiger partial charge in [-0.3, -0.25) is 19.2 Å². The van der Waals surface area contributed by atoms with Gasteiger partial charge in [0.15, 0.2) is 11.6 Å². The number of hydrogen-bond donors (Lipinski definition) is 2. The lowest BCUT2D eigenvalue weighted by Crippen LogP contribution is -2.26. The van der Waals surface area contributed by atoms with Gasteiger partial charge in [0.25, 0.3) is 11.8 Å². The number of ketones is 2. The molecule has 0 aromatic heterocycles. The Morgan fingerprint density at radius 3 is 1.66 bits per heavy atom. The number of halogens is 1. The second kappa shape index (κ2) is 9.12. The molecule has 0 heterocycles. The minimum absolute atomic E-state index is 0.104. The first-order chi connectivity index (χ1) is 17.0. The molecule has 0 fully saturated rings. The normalized spacial score (nSPS) is 11.9. The van der Waals surface area contributed by atoms with Crippen molar-refractivity contribution in [2.45, 2.75) is 0 Å². The van der Waals surface area contributed by atoms with Gasteiger partial charge in [-0.05, 0) is 42.5 Å². The molecule has 0 aliphatic heterocycles. The first-order valence-corrected chi connectivity index (χ1v) is 11.5. The van der Waals surface area contributed by atoms with Gasteiger partial charge < -0.3 is 10.6 Å². The molecule has 4 aromatic rings. The average Bonchev–Trinajstić information content (AvgIpc) is 2.89. The van der Waals surface area contributed by atoms with Crippen LogP contribution in [0.4, 0.5) is 11.4 Å². The van der Waals surface area contributed by atoms with E-state index in [2.05, 4.69) is 26.6 Å². The molecule has 6 nitrogen and oxygen atoms in total. The third kappa shape index (κ3) is 4.06. The molecule has 7 heteroatoms. The minimum Gasteiger partial charge on any atom is -0.321 e. The van der Waals surface area contributed by atoms with Crippen molar-refractivity contribution in [2.24, 2.45) is 0 Å². The summed E-state index contributed by atoms with van der Waals surface area (Å²) < 4.78 is 0.415. The Morgan fingerprint density at radius 1 is 0.543 bits per heavy atom. The zero-order valence-electron chi connectivity index (χ0n) is 18.2. The predicted octanol–water partition coefficient (Wildman–Crippen LogP) is 5.73. The molecule has 0 unspecified atom stereocenters. The Labute approximate surface area is 209 Å². The summed E-state index contributed by atoms with van der Waals surface area (Å²) in [5.74, 6) is -1.64. The van der Waals surface area contributed by atoms with Crippen LogP contribution in [-0.4, -0.2) is 23.4 Å². The molecule has 0 atom stereocenters. The maximum absolute atomic E-state index is 13.7. The molecule has 4 aromatic carbocycles. The molecule has 0 saturated carbocycles. The van der Waals surface area contributed by atoms with Gasteiger partial charge in [0.2, 0.25) is 0 Å². The fourth-order valence-electron chi connectivity index (χ4n) is 4.06. The number of benzene rings is 4.